The molecule has 0 aliphatic rings. The van der Waals surface area contributed by atoms with Gasteiger partial charge in [0.25, 0.3) is 5.91 Å². The number of benzene rings is 1. The second kappa shape index (κ2) is 11.6. The number of amides is 1. The van der Waals surface area contributed by atoms with Crippen molar-refractivity contribution < 1.29 is 23.8 Å². The lowest BCUT2D eigenvalue weighted by atomic mass is 10.1. The highest BCUT2D eigenvalue weighted by atomic mass is 32.1. The Morgan fingerprint density at radius 2 is 1.94 bits per heavy atom. The SMILES string of the molecule is C#CCOc1ccc(/C=C(\C#N)C(=O)Nc2sc(C)c(C)c2C(=O)OCC)cc1OCC. The zero-order chi connectivity index (χ0) is 23.7. The summed E-state index contributed by atoms with van der Waals surface area (Å²) in [6.45, 7) is 7.87. The van der Waals surface area contributed by atoms with Gasteiger partial charge in [-0.3, -0.25) is 4.79 Å². The standard InChI is InChI=1S/C24H24N2O5S/c1-6-11-31-19-10-9-17(13-20(19)29-7-2)12-18(14-25)22(27)26-23-21(24(28)30-8-3)15(4)16(5)32-23/h1,9-10,12-13H,7-8,11H2,2-5H3,(H,26,27)/b18-12+. The molecule has 1 aromatic heterocycles. The number of carbonyl (C=O) groups is 2. The van der Waals surface area contributed by atoms with Crippen LogP contribution in [-0.2, 0) is 9.53 Å². The highest BCUT2D eigenvalue weighted by Gasteiger charge is 2.23. The molecule has 0 radical (unpaired) electrons. The van der Waals surface area contributed by atoms with Crippen molar-refractivity contribution in [2.75, 3.05) is 25.1 Å². The summed E-state index contributed by atoms with van der Waals surface area (Å²) in [5, 5.41) is 12.6. The minimum Gasteiger partial charge on any atom is -0.490 e. The van der Waals surface area contributed by atoms with E-state index in [2.05, 4.69) is 11.2 Å². The van der Waals surface area contributed by atoms with Gasteiger partial charge in [-0.1, -0.05) is 12.0 Å². The molecule has 1 amide bonds. The number of terminal acetylenes is 1. The number of thiophene rings is 1. The van der Waals surface area contributed by atoms with Gasteiger partial charge >= 0.3 is 5.97 Å². The van der Waals surface area contributed by atoms with Gasteiger partial charge in [0.1, 0.15) is 23.3 Å². The van der Waals surface area contributed by atoms with E-state index in [4.69, 9.17) is 20.6 Å². The number of rotatable bonds is 9. The van der Waals surface area contributed by atoms with Gasteiger partial charge in [-0.25, -0.2) is 4.79 Å². The van der Waals surface area contributed by atoms with E-state index < -0.39 is 11.9 Å². The molecule has 7 nitrogen and oxygen atoms in total. The number of nitrogens with one attached hydrogen (secondary N) is 1. The molecular weight excluding hydrogens is 428 g/mol. The minimum atomic E-state index is -0.634. The largest absolute Gasteiger partial charge is 0.490 e. The average molecular weight is 453 g/mol. The van der Waals surface area contributed by atoms with Crippen LogP contribution in [0.3, 0.4) is 0 Å². The summed E-state index contributed by atoms with van der Waals surface area (Å²) in [6, 6.07) is 6.90. The summed E-state index contributed by atoms with van der Waals surface area (Å²) in [6.07, 6.45) is 6.66. The summed E-state index contributed by atoms with van der Waals surface area (Å²) in [5.41, 5.74) is 1.46. The number of aryl methyl sites for hydroxylation is 1. The van der Waals surface area contributed by atoms with Gasteiger partial charge in [0.15, 0.2) is 11.5 Å². The summed E-state index contributed by atoms with van der Waals surface area (Å²) >= 11 is 1.25. The van der Waals surface area contributed by atoms with Crippen LogP contribution in [0.1, 0.15) is 40.2 Å². The summed E-state index contributed by atoms with van der Waals surface area (Å²) < 4.78 is 16.1. The van der Waals surface area contributed by atoms with E-state index in [0.29, 0.717) is 34.2 Å². The van der Waals surface area contributed by atoms with Crippen LogP contribution in [-0.4, -0.2) is 31.7 Å². The molecule has 0 saturated carbocycles. The normalized spacial score (nSPS) is 10.6. The van der Waals surface area contributed by atoms with Crippen LogP contribution in [0, 0.1) is 37.5 Å². The van der Waals surface area contributed by atoms with Crippen LogP contribution in [0.2, 0.25) is 0 Å². The van der Waals surface area contributed by atoms with E-state index in [0.717, 1.165) is 10.4 Å². The topological polar surface area (TPSA) is 97.7 Å². The molecule has 1 aromatic carbocycles. The third-order valence-electron chi connectivity index (χ3n) is 4.35. The van der Waals surface area contributed by atoms with Crippen molar-refractivity contribution in [2.45, 2.75) is 27.7 Å². The van der Waals surface area contributed by atoms with Crippen molar-refractivity contribution >= 4 is 34.3 Å². The molecule has 0 fully saturated rings. The number of nitrogens with zero attached hydrogens (tertiary/aromatic N) is 1. The fraction of sp³-hybridized carbons (Fsp3) is 0.292. The minimum absolute atomic E-state index is 0.0869. The van der Waals surface area contributed by atoms with Gasteiger partial charge in [0, 0.05) is 4.88 Å². The molecular formula is C24H24N2O5S. The zero-order valence-electron chi connectivity index (χ0n) is 18.4. The van der Waals surface area contributed by atoms with Crippen molar-refractivity contribution in [3.8, 4) is 29.9 Å². The molecule has 0 saturated heterocycles. The number of carbonyl (C=O) groups excluding carboxylic acids is 2. The Kier molecular flexibility index (Phi) is 8.88. The predicted octanol–water partition coefficient (Wildman–Crippen LogP) is 4.50. The Morgan fingerprint density at radius 1 is 1.19 bits per heavy atom. The van der Waals surface area contributed by atoms with Crippen LogP contribution in [0.5, 0.6) is 11.5 Å². The molecule has 1 N–H and O–H groups in total. The molecule has 0 aliphatic carbocycles. The zero-order valence-corrected chi connectivity index (χ0v) is 19.2. The van der Waals surface area contributed by atoms with E-state index in [1.807, 2.05) is 19.9 Å². The first-order valence-electron chi connectivity index (χ1n) is 9.89. The number of anilines is 1. The number of nitriles is 1. The van der Waals surface area contributed by atoms with E-state index in [9.17, 15) is 14.9 Å². The third kappa shape index (κ3) is 5.90. The maximum atomic E-state index is 12.8. The predicted molar refractivity (Wildman–Crippen MR) is 124 cm³/mol. The van der Waals surface area contributed by atoms with Crippen LogP contribution in [0.25, 0.3) is 6.08 Å². The fourth-order valence-corrected chi connectivity index (χ4v) is 3.81. The molecule has 8 heteroatoms. The second-order valence-corrected chi connectivity index (χ2v) is 7.69. The first-order chi connectivity index (χ1) is 15.4. The first kappa shape index (κ1) is 24.5. The second-order valence-electron chi connectivity index (χ2n) is 6.46. The van der Waals surface area contributed by atoms with E-state index in [-0.39, 0.29) is 18.8 Å². The monoisotopic (exact) mass is 452 g/mol. The summed E-state index contributed by atoms with van der Waals surface area (Å²) in [5.74, 6) is 2.15. The van der Waals surface area contributed by atoms with Crippen molar-refractivity contribution in [1.29, 1.82) is 5.26 Å². The number of ether oxygens (including phenoxy) is 3. The molecule has 0 atom stereocenters. The molecule has 166 valence electrons. The Hall–Kier alpha value is -3.75. The van der Waals surface area contributed by atoms with Gasteiger partial charge in [-0.2, -0.15) is 5.26 Å². The van der Waals surface area contributed by atoms with Gasteiger partial charge in [-0.05, 0) is 57.0 Å². The molecule has 0 aliphatic heterocycles. The van der Waals surface area contributed by atoms with Crippen molar-refractivity contribution in [3.05, 3.63) is 45.3 Å². The van der Waals surface area contributed by atoms with Crippen molar-refractivity contribution in [3.63, 3.8) is 0 Å². The number of esters is 1. The van der Waals surface area contributed by atoms with Crippen LogP contribution in [0.4, 0.5) is 5.00 Å². The van der Waals surface area contributed by atoms with Gasteiger partial charge in [-0.15, -0.1) is 17.8 Å². The van der Waals surface area contributed by atoms with Crippen LogP contribution in [0.15, 0.2) is 23.8 Å². The average Bonchev–Trinajstić information content (AvgIpc) is 3.04. The van der Waals surface area contributed by atoms with Gasteiger partial charge in [0.2, 0.25) is 0 Å². The van der Waals surface area contributed by atoms with Crippen LogP contribution < -0.4 is 14.8 Å². The summed E-state index contributed by atoms with van der Waals surface area (Å²) in [4.78, 5) is 26.0. The number of hydrogen-bond donors (Lipinski definition) is 1. The Morgan fingerprint density at radius 3 is 2.56 bits per heavy atom. The number of hydrogen-bond acceptors (Lipinski definition) is 7. The Bertz CT molecular complexity index is 1120. The lowest BCUT2D eigenvalue weighted by molar-refractivity contribution is -0.112. The molecule has 0 bridgehead atoms. The molecule has 0 unspecified atom stereocenters. The maximum Gasteiger partial charge on any atom is 0.341 e. The van der Waals surface area contributed by atoms with Crippen molar-refractivity contribution in [1.82, 2.24) is 0 Å². The van der Waals surface area contributed by atoms with Crippen molar-refractivity contribution in [2.24, 2.45) is 0 Å². The lowest BCUT2D eigenvalue weighted by Gasteiger charge is -2.11. The Labute approximate surface area is 191 Å². The fourth-order valence-electron chi connectivity index (χ4n) is 2.77. The molecule has 2 aromatic rings. The highest BCUT2D eigenvalue weighted by molar-refractivity contribution is 7.16. The molecule has 32 heavy (non-hydrogen) atoms. The van der Waals surface area contributed by atoms with E-state index in [1.54, 1.807) is 32.0 Å². The molecule has 2 rings (SSSR count). The lowest BCUT2D eigenvalue weighted by Crippen LogP contribution is -2.16. The highest BCUT2D eigenvalue weighted by Crippen LogP contribution is 2.34. The Balaban J connectivity index is 2.34. The first-order valence-corrected chi connectivity index (χ1v) is 10.7. The smallest absolute Gasteiger partial charge is 0.341 e. The van der Waals surface area contributed by atoms with Crippen LogP contribution >= 0.6 is 11.3 Å². The summed E-state index contributed by atoms with van der Waals surface area (Å²) in [7, 11) is 0. The van der Waals surface area contributed by atoms with Gasteiger partial charge in [0.05, 0.1) is 18.8 Å². The van der Waals surface area contributed by atoms with Gasteiger partial charge < -0.3 is 19.5 Å². The maximum absolute atomic E-state index is 12.8. The van der Waals surface area contributed by atoms with E-state index in [1.165, 1.54) is 17.4 Å². The third-order valence-corrected chi connectivity index (χ3v) is 5.47. The van der Waals surface area contributed by atoms with E-state index >= 15 is 0 Å². The molecule has 0 spiro atoms. The molecule has 1 heterocycles. The quantitative estimate of drug-likeness (QED) is 0.260.